The van der Waals surface area contributed by atoms with E-state index >= 15 is 0 Å². The molecule has 0 aliphatic heterocycles. The molecule has 0 heterocycles. The molecule has 5 heteroatoms. The second-order valence-corrected chi connectivity index (χ2v) is 6.94. The van der Waals surface area contributed by atoms with Gasteiger partial charge in [0.2, 0.25) is 5.78 Å². The van der Waals surface area contributed by atoms with E-state index in [0.29, 0.717) is 34.3 Å². The van der Waals surface area contributed by atoms with E-state index in [1.807, 2.05) is 36.4 Å². The van der Waals surface area contributed by atoms with Crippen LogP contribution in [0.2, 0.25) is 0 Å². The standard InChI is InChI=1S/C27H22O5/c1-30-22-15-9-17-24(32-21-13-6-3-7-14-21)26(22)27(29)25-19(18-28)10-8-16-23(25)31-20-11-4-2-5-12-20/h2-17,28H,18H2,1H3. The summed E-state index contributed by atoms with van der Waals surface area (Å²) in [6, 6.07) is 28.7. The largest absolute Gasteiger partial charge is 0.496 e. The molecule has 32 heavy (non-hydrogen) atoms. The molecule has 4 aromatic rings. The number of rotatable bonds is 8. The van der Waals surface area contributed by atoms with Crippen LogP contribution in [0.3, 0.4) is 0 Å². The zero-order valence-corrected chi connectivity index (χ0v) is 17.5. The number of ketones is 1. The Hall–Kier alpha value is -4.09. The third kappa shape index (κ3) is 4.48. The van der Waals surface area contributed by atoms with E-state index in [2.05, 4.69) is 0 Å². The van der Waals surface area contributed by atoms with Crippen LogP contribution < -0.4 is 14.2 Å². The monoisotopic (exact) mass is 426 g/mol. The Morgan fingerprint density at radius 3 is 1.69 bits per heavy atom. The molecule has 0 amide bonds. The highest BCUT2D eigenvalue weighted by Crippen LogP contribution is 2.37. The van der Waals surface area contributed by atoms with Crippen molar-refractivity contribution in [3.05, 3.63) is 114 Å². The van der Waals surface area contributed by atoms with Crippen molar-refractivity contribution >= 4 is 5.78 Å². The highest BCUT2D eigenvalue weighted by molar-refractivity contribution is 6.15. The topological polar surface area (TPSA) is 65.0 Å². The van der Waals surface area contributed by atoms with Crippen molar-refractivity contribution in [2.24, 2.45) is 0 Å². The Balaban J connectivity index is 1.82. The molecule has 0 unspecified atom stereocenters. The fraction of sp³-hybridized carbons (Fsp3) is 0.0741. The molecular weight excluding hydrogens is 404 g/mol. The minimum absolute atomic E-state index is 0.248. The fourth-order valence-electron chi connectivity index (χ4n) is 3.40. The summed E-state index contributed by atoms with van der Waals surface area (Å²) in [4.78, 5) is 13.9. The zero-order chi connectivity index (χ0) is 22.3. The van der Waals surface area contributed by atoms with Crippen molar-refractivity contribution in [2.75, 3.05) is 7.11 Å². The Morgan fingerprint density at radius 2 is 1.16 bits per heavy atom. The number of carbonyl (C=O) groups is 1. The molecule has 4 rings (SSSR count). The molecule has 0 radical (unpaired) electrons. The van der Waals surface area contributed by atoms with Gasteiger partial charge in [0.05, 0.1) is 19.3 Å². The maximum absolute atomic E-state index is 13.9. The first-order chi connectivity index (χ1) is 15.7. The Morgan fingerprint density at radius 1 is 0.656 bits per heavy atom. The summed E-state index contributed by atoms with van der Waals surface area (Å²) in [7, 11) is 1.50. The van der Waals surface area contributed by atoms with Crippen LogP contribution in [-0.2, 0) is 6.61 Å². The first-order valence-corrected chi connectivity index (χ1v) is 10.1. The molecule has 0 atom stereocenters. The number of hydrogen-bond donors (Lipinski definition) is 1. The van der Waals surface area contributed by atoms with Crippen molar-refractivity contribution < 1.29 is 24.1 Å². The second kappa shape index (κ2) is 9.81. The van der Waals surface area contributed by atoms with Crippen LogP contribution in [0.25, 0.3) is 0 Å². The molecule has 0 saturated carbocycles. The van der Waals surface area contributed by atoms with Gasteiger partial charge in [0.25, 0.3) is 0 Å². The maximum atomic E-state index is 13.9. The van der Waals surface area contributed by atoms with Gasteiger partial charge >= 0.3 is 0 Å². The van der Waals surface area contributed by atoms with Crippen LogP contribution in [0.15, 0.2) is 97.1 Å². The summed E-state index contributed by atoms with van der Waals surface area (Å²) < 4.78 is 17.5. The van der Waals surface area contributed by atoms with Crippen molar-refractivity contribution in [2.45, 2.75) is 6.61 Å². The van der Waals surface area contributed by atoms with Crippen LogP contribution in [0.5, 0.6) is 28.7 Å². The summed E-state index contributed by atoms with van der Waals surface area (Å²) in [6.45, 7) is -0.322. The molecule has 0 aliphatic carbocycles. The van der Waals surface area contributed by atoms with E-state index in [-0.39, 0.29) is 23.5 Å². The lowest BCUT2D eigenvalue weighted by Gasteiger charge is -2.17. The molecule has 0 spiro atoms. The van der Waals surface area contributed by atoms with E-state index in [1.54, 1.807) is 60.7 Å². The summed E-state index contributed by atoms with van der Waals surface area (Å²) in [5.74, 6) is 1.84. The average Bonchev–Trinajstić information content (AvgIpc) is 2.84. The quantitative estimate of drug-likeness (QED) is 0.350. The summed E-state index contributed by atoms with van der Waals surface area (Å²) in [5, 5.41) is 9.97. The molecule has 1 N–H and O–H groups in total. The highest BCUT2D eigenvalue weighted by Gasteiger charge is 2.26. The van der Waals surface area contributed by atoms with Crippen LogP contribution in [0.1, 0.15) is 21.5 Å². The number of hydrogen-bond acceptors (Lipinski definition) is 5. The number of methoxy groups -OCH3 is 1. The number of aliphatic hydroxyl groups excluding tert-OH is 1. The number of aliphatic hydroxyl groups is 1. The van der Waals surface area contributed by atoms with Gasteiger partial charge in [0.15, 0.2) is 0 Å². The van der Waals surface area contributed by atoms with Gasteiger partial charge in [-0.15, -0.1) is 0 Å². The Kier molecular flexibility index (Phi) is 6.49. The van der Waals surface area contributed by atoms with Crippen molar-refractivity contribution in [3.8, 4) is 28.7 Å². The smallest absolute Gasteiger partial charge is 0.204 e. The number of ether oxygens (including phenoxy) is 3. The van der Waals surface area contributed by atoms with Gasteiger partial charge in [0.1, 0.15) is 34.3 Å². The normalized spacial score (nSPS) is 10.4. The second-order valence-electron chi connectivity index (χ2n) is 6.94. The van der Waals surface area contributed by atoms with Gasteiger partial charge in [-0.25, -0.2) is 0 Å². The predicted octanol–water partition coefficient (Wildman–Crippen LogP) is 6.00. The van der Waals surface area contributed by atoms with Gasteiger partial charge in [0, 0.05) is 0 Å². The van der Waals surface area contributed by atoms with Crippen LogP contribution in [0, 0.1) is 0 Å². The molecule has 4 aromatic carbocycles. The lowest BCUT2D eigenvalue weighted by molar-refractivity contribution is 0.102. The van der Waals surface area contributed by atoms with Gasteiger partial charge in [-0.3, -0.25) is 4.79 Å². The van der Waals surface area contributed by atoms with Crippen molar-refractivity contribution in [1.82, 2.24) is 0 Å². The lowest BCUT2D eigenvalue weighted by Crippen LogP contribution is -2.11. The van der Waals surface area contributed by atoms with Gasteiger partial charge in [-0.1, -0.05) is 54.6 Å². The fourth-order valence-corrected chi connectivity index (χ4v) is 3.40. The molecule has 0 fully saturated rings. The summed E-state index contributed by atoms with van der Waals surface area (Å²) in [6.07, 6.45) is 0. The molecular formula is C27H22O5. The molecule has 0 saturated heterocycles. The first kappa shape index (κ1) is 21.2. The SMILES string of the molecule is COc1cccc(Oc2ccccc2)c1C(=O)c1c(CO)cccc1Oc1ccccc1. The van der Waals surface area contributed by atoms with Crippen LogP contribution >= 0.6 is 0 Å². The highest BCUT2D eigenvalue weighted by atomic mass is 16.5. The van der Waals surface area contributed by atoms with E-state index in [1.165, 1.54) is 7.11 Å². The third-order valence-electron chi connectivity index (χ3n) is 4.89. The average molecular weight is 426 g/mol. The molecule has 0 aliphatic rings. The Labute approximate surface area is 186 Å². The summed E-state index contributed by atoms with van der Waals surface area (Å²) in [5.41, 5.74) is 0.943. The number of para-hydroxylation sites is 2. The van der Waals surface area contributed by atoms with Gasteiger partial charge in [-0.05, 0) is 48.0 Å². The minimum Gasteiger partial charge on any atom is -0.496 e. The van der Waals surface area contributed by atoms with E-state index < -0.39 is 0 Å². The van der Waals surface area contributed by atoms with Crippen LogP contribution in [0.4, 0.5) is 0 Å². The van der Waals surface area contributed by atoms with E-state index in [4.69, 9.17) is 14.2 Å². The van der Waals surface area contributed by atoms with Gasteiger partial charge in [-0.2, -0.15) is 0 Å². The van der Waals surface area contributed by atoms with Crippen LogP contribution in [-0.4, -0.2) is 18.0 Å². The first-order valence-electron chi connectivity index (χ1n) is 10.1. The minimum atomic E-state index is -0.371. The van der Waals surface area contributed by atoms with E-state index in [9.17, 15) is 9.90 Å². The lowest BCUT2D eigenvalue weighted by atomic mass is 9.96. The third-order valence-corrected chi connectivity index (χ3v) is 4.89. The molecule has 0 aromatic heterocycles. The molecule has 0 bridgehead atoms. The van der Waals surface area contributed by atoms with Crippen molar-refractivity contribution in [3.63, 3.8) is 0 Å². The predicted molar refractivity (Wildman–Crippen MR) is 122 cm³/mol. The number of carbonyl (C=O) groups excluding carboxylic acids is 1. The molecule has 160 valence electrons. The number of benzene rings is 4. The Bertz CT molecular complexity index is 1110. The maximum Gasteiger partial charge on any atom is 0.204 e. The summed E-state index contributed by atoms with van der Waals surface area (Å²) >= 11 is 0. The zero-order valence-electron chi connectivity index (χ0n) is 17.5. The van der Waals surface area contributed by atoms with Crippen molar-refractivity contribution in [1.29, 1.82) is 0 Å². The van der Waals surface area contributed by atoms with E-state index in [0.717, 1.165) is 0 Å². The van der Waals surface area contributed by atoms with Gasteiger partial charge < -0.3 is 19.3 Å². The molecule has 5 nitrogen and oxygen atoms in total.